The molecule has 98 valence electrons. The van der Waals surface area contributed by atoms with E-state index in [4.69, 9.17) is 0 Å². The number of rotatable bonds is 6. The first kappa shape index (κ1) is 13.5. The van der Waals surface area contributed by atoms with E-state index in [1.807, 2.05) is 13.1 Å². The summed E-state index contributed by atoms with van der Waals surface area (Å²) in [5, 5.41) is 4.39. The summed E-state index contributed by atoms with van der Waals surface area (Å²) in [6.45, 7) is 2.22. The number of hydrogen-bond donors (Lipinski definition) is 1. The molecule has 2 rings (SSSR count). The molecule has 1 aromatic heterocycles. The molecule has 0 spiro atoms. The zero-order valence-corrected chi connectivity index (χ0v) is 11.8. The van der Waals surface area contributed by atoms with Crippen molar-refractivity contribution in [2.45, 2.75) is 38.6 Å². The molecule has 1 unspecified atom stereocenters. The molecule has 1 N–H and O–H groups in total. The molecule has 0 saturated heterocycles. The second-order valence-corrected chi connectivity index (χ2v) is 5.78. The Morgan fingerprint density at radius 3 is 2.83 bits per heavy atom. The van der Waals surface area contributed by atoms with Gasteiger partial charge in [-0.25, -0.2) is 4.39 Å². The van der Waals surface area contributed by atoms with E-state index in [0.717, 1.165) is 11.8 Å². The van der Waals surface area contributed by atoms with Crippen LogP contribution in [-0.4, -0.2) is 7.05 Å². The third-order valence-electron chi connectivity index (χ3n) is 3.29. The highest BCUT2D eigenvalue weighted by molar-refractivity contribution is 7.19. The van der Waals surface area contributed by atoms with Crippen molar-refractivity contribution in [3.05, 3.63) is 35.0 Å². The largest absolute Gasteiger partial charge is 0.312 e. The molecule has 0 aliphatic carbocycles. The Kier molecular flexibility index (Phi) is 4.72. The van der Waals surface area contributed by atoms with Crippen LogP contribution in [0.25, 0.3) is 10.1 Å². The van der Waals surface area contributed by atoms with Gasteiger partial charge in [-0.1, -0.05) is 26.2 Å². The second-order valence-electron chi connectivity index (χ2n) is 4.67. The maximum Gasteiger partial charge on any atom is 0.123 e. The van der Waals surface area contributed by atoms with Crippen LogP contribution in [0.3, 0.4) is 0 Å². The number of benzene rings is 1. The average Bonchev–Trinajstić information content (AvgIpc) is 2.77. The molecule has 0 radical (unpaired) electrons. The van der Waals surface area contributed by atoms with E-state index in [1.54, 1.807) is 17.4 Å². The van der Waals surface area contributed by atoms with Crippen molar-refractivity contribution in [1.82, 2.24) is 5.32 Å². The Balaban J connectivity index is 2.17. The predicted molar refractivity (Wildman–Crippen MR) is 77.7 cm³/mol. The lowest BCUT2D eigenvalue weighted by atomic mass is 10.1. The van der Waals surface area contributed by atoms with Gasteiger partial charge >= 0.3 is 0 Å². The zero-order chi connectivity index (χ0) is 13.0. The van der Waals surface area contributed by atoms with Crippen molar-refractivity contribution in [2.75, 3.05) is 7.05 Å². The molecule has 0 aliphatic heterocycles. The lowest BCUT2D eigenvalue weighted by Gasteiger charge is -2.13. The highest BCUT2D eigenvalue weighted by atomic mass is 32.1. The lowest BCUT2D eigenvalue weighted by Crippen LogP contribution is -2.14. The fourth-order valence-corrected chi connectivity index (χ4v) is 3.42. The first-order chi connectivity index (χ1) is 8.74. The van der Waals surface area contributed by atoms with Gasteiger partial charge in [-0.15, -0.1) is 11.3 Å². The molecule has 18 heavy (non-hydrogen) atoms. The van der Waals surface area contributed by atoms with Gasteiger partial charge in [-0.3, -0.25) is 0 Å². The number of thiophene rings is 1. The quantitative estimate of drug-likeness (QED) is 0.734. The van der Waals surface area contributed by atoms with Crippen LogP contribution in [0.5, 0.6) is 0 Å². The van der Waals surface area contributed by atoms with Gasteiger partial charge in [0, 0.05) is 15.6 Å². The summed E-state index contributed by atoms with van der Waals surface area (Å²) >= 11 is 1.77. The van der Waals surface area contributed by atoms with Crippen LogP contribution in [0.4, 0.5) is 4.39 Å². The van der Waals surface area contributed by atoms with Gasteiger partial charge in [0.15, 0.2) is 0 Å². The monoisotopic (exact) mass is 265 g/mol. The van der Waals surface area contributed by atoms with E-state index in [0.29, 0.717) is 6.04 Å². The van der Waals surface area contributed by atoms with Crippen LogP contribution in [-0.2, 0) is 0 Å². The van der Waals surface area contributed by atoms with Gasteiger partial charge in [-0.05, 0) is 43.1 Å². The highest BCUT2D eigenvalue weighted by Crippen LogP contribution is 2.32. The van der Waals surface area contributed by atoms with Crippen LogP contribution in [0.15, 0.2) is 24.3 Å². The van der Waals surface area contributed by atoms with E-state index in [2.05, 4.69) is 18.3 Å². The van der Waals surface area contributed by atoms with E-state index in [-0.39, 0.29) is 5.82 Å². The number of fused-ring (bicyclic) bond motifs is 1. The first-order valence-electron chi connectivity index (χ1n) is 6.61. The summed E-state index contributed by atoms with van der Waals surface area (Å²) in [7, 11) is 2.00. The van der Waals surface area contributed by atoms with Crippen molar-refractivity contribution in [2.24, 2.45) is 0 Å². The van der Waals surface area contributed by atoms with Crippen LogP contribution in [0.1, 0.15) is 43.5 Å². The van der Waals surface area contributed by atoms with Gasteiger partial charge in [-0.2, -0.15) is 0 Å². The van der Waals surface area contributed by atoms with Gasteiger partial charge in [0.2, 0.25) is 0 Å². The summed E-state index contributed by atoms with van der Waals surface area (Å²) in [5.41, 5.74) is 0. The number of hydrogen-bond acceptors (Lipinski definition) is 2. The molecule has 0 bridgehead atoms. The molecule has 1 heterocycles. The minimum Gasteiger partial charge on any atom is -0.312 e. The SMILES string of the molecule is CCCCCC(NC)c1cc2cc(F)ccc2s1. The van der Waals surface area contributed by atoms with E-state index >= 15 is 0 Å². The topological polar surface area (TPSA) is 12.0 Å². The molecule has 1 atom stereocenters. The van der Waals surface area contributed by atoms with Crippen molar-refractivity contribution >= 4 is 21.4 Å². The fourth-order valence-electron chi connectivity index (χ4n) is 2.23. The Morgan fingerprint density at radius 1 is 1.28 bits per heavy atom. The molecular formula is C15H20FNS. The molecule has 0 fully saturated rings. The smallest absolute Gasteiger partial charge is 0.123 e. The standard InChI is InChI=1S/C15H20FNS/c1-3-4-5-6-13(17-2)15-10-11-9-12(16)7-8-14(11)18-15/h7-10,13,17H,3-6H2,1-2H3. The van der Waals surface area contributed by atoms with Gasteiger partial charge < -0.3 is 5.32 Å². The van der Waals surface area contributed by atoms with Crippen LogP contribution < -0.4 is 5.32 Å². The van der Waals surface area contributed by atoms with Gasteiger partial charge in [0.25, 0.3) is 0 Å². The van der Waals surface area contributed by atoms with E-state index in [1.165, 1.54) is 34.9 Å². The van der Waals surface area contributed by atoms with Crippen molar-refractivity contribution in [3.63, 3.8) is 0 Å². The molecule has 1 nitrogen and oxygen atoms in total. The van der Waals surface area contributed by atoms with Crippen molar-refractivity contribution < 1.29 is 4.39 Å². The fraction of sp³-hybridized carbons (Fsp3) is 0.467. The summed E-state index contributed by atoms with van der Waals surface area (Å²) in [5.74, 6) is -0.154. The van der Waals surface area contributed by atoms with E-state index in [9.17, 15) is 4.39 Å². The molecule has 0 saturated carbocycles. The molecular weight excluding hydrogens is 245 g/mol. The molecule has 0 amide bonds. The Morgan fingerprint density at radius 2 is 2.11 bits per heavy atom. The average molecular weight is 265 g/mol. The third kappa shape index (κ3) is 3.09. The molecule has 3 heteroatoms. The highest BCUT2D eigenvalue weighted by Gasteiger charge is 2.12. The summed E-state index contributed by atoms with van der Waals surface area (Å²) in [4.78, 5) is 1.31. The maximum atomic E-state index is 13.2. The normalized spacial score (nSPS) is 13.1. The predicted octanol–water partition coefficient (Wildman–Crippen LogP) is 4.88. The van der Waals surface area contributed by atoms with Crippen LogP contribution >= 0.6 is 11.3 Å². The first-order valence-corrected chi connectivity index (χ1v) is 7.42. The number of unbranched alkanes of at least 4 members (excludes halogenated alkanes) is 2. The summed E-state index contributed by atoms with van der Waals surface area (Å²) in [6, 6.07) is 7.55. The second kappa shape index (κ2) is 6.30. The van der Waals surface area contributed by atoms with Crippen molar-refractivity contribution in [1.29, 1.82) is 0 Å². The number of nitrogens with one attached hydrogen (secondary N) is 1. The molecule has 2 aromatic rings. The lowest BCUT2D eigenvalue weighted by molar-refractivity contribution is 0.519. The Labute approximate surface area is 112 Å². The van der Waals surface area contributed by atoms with Gasteiger partial charge in [0.05, 0.1) is 0 Å². The summed E-state index contributed by atoms with van der Waals surface area (Å²) < 4.78 is 14.3. The van der Waals surface area contributed by atoms with Crippen molar-refractivity contribution in [3.8, 4) is 0 Å². The zero-order valence-electron chi connectivity index (χ0n) is 11.0. The van der Waals surface area contributed by atoms with E-state index < -0.39 is 0 Å². The third-order valence-corrected chi connectivity index (χ3v) is 4.52. The number of halogens is 1. The summed E-state index contributed by atoms with van der Waals surface area (Å²) in [6.07, 6.45) is 4.91. The minimum atomic E-state index is -0.154. The van der Waals surface area contributed by atoms with Gasteiger partial charge in [0.1, 0.15) is 5.82 Å². The minimum absolute atomic E-state index is 0.154. The Bertz CT molecular complexity index is 506. The molecule has 0 aliphatic rings. The maximum absolute atomic E-state index is 13.2. The van der Waals surface area contributed by atoms with Crippen LogP contribution in [0, 0.1) is 5.82 Å². The molecule has 1 aromatic carbocycles. The van der Waals surface area contributed by atoms with Crippen LogP contribution in [0.2, 0.25) is 0 Å². The Hall–Kier alpha value is -0.930.